The molecule has 0 aliphatic heterocycles. The third-order valence-electron chi connectivity index (χ3n) is 4.49. The fourth-order valence-corrected chi connectivity index (χ4v) is 6.15. The smallest absolute Gasteiger partial charge is 0.157 e. The van der Waals surface area contributed by atoms with Gasteiger partial charge in [-0.15, -0.1) is 0 Å². The van der Waals surface area contributed by atoms with E-state index in [0.29, 0.717) is 34.4 Å². The molecule has 0 bridgehead atoms. The van der Waals surface area contributed by atoms with E-state index in [1.165, 1.54) is 0 Å². The van der Waals surface area contributed by atoms with Crippen molar-refractivity contribution in [2.75, 3.05) is 11.5 Å². The van der Waals surface area contributed by atoms with Gasteiger partial charge in [0.1, 0.15) is 17.2 Å². The van der Waals surface area contributed by atoms with E-state index in [9.17, 15) is 0 Å². The first kappa shape index (κ1) is 22.9. The molecule has 0 heterocycles. The molecule has 4 aromatic rings. The summed E-state index contributed by atoms with van der Waals surface area (Å²) < 4.78 is 16.1. The minimum Gasteiger partial charge on any atom is -0.454 e. The van der Waals surface area contributed by atoms with Crippen molar-refractivity contribution < 1.29 is 9.47 Å². The van der Waals surface area contributed by atoms with Crippen LogP contribution in [0.5, 0.6) is 23.0 Å². The van der Waals surface area contributed by atoms with Crippen LogP contribution < -0.4 is 20.9 Å². The van der Waals surface area contributed by atoms with Gasteiger partial charge in [0.25, 0.3) is 0 Å². The second-order valence-corrected chi connectivity index (χ2v) is 10.4. The maximum Gasteiger partial charge on any atom is 0.157 e. The molecule has 4 nitrogen and oxygen atoms in total. The molecular weight excluding hydrogens is 724 g/mol. The van der Waals surface area contributed by atoms with Crippen LogP contribution in [0.2, 0.25) is 0 Å². The molecule has 0 unspecified atom stereocenters. The summed E-state index contributed by atoms with van der Waals surface area (Å²) in [7, 11) is 0. The van der Waals surface area contributed by atoms with Gasteiger partial charge in [-0.25, -0.2) is 0 Å². The van der Waals surface area contributed by atoms with Crippen molar-refractivity contribution in [1.82, 2.24) is 0 Å². The van der Waals surface area contributed by atoms with Gasteiger partial charge in [0.05, 0.1) is 24.8 Å². The summed E-state index contributed by atoms with van der Waals surface area (Å²) in [5, 5.41) is 1.78. The quantitative estimate of drug-likeness (QED) is 0.162. The zero-order chi connectivity index (χ0) is 22.3. The molecule has 31 heavy (non-hydrogen) atoms. The van der Waals surface area contributed by atoms with Crippen molar-refractivity contribution >= 4 is 102 Å². The predicted octanol–water partition coefficient (Wildman–Crippen LogP) is 9.40. The van der Waals surface area contributed by atoms with E-state index >= 15 is 0 Å². The number of nitrogens with two attached hydrogens (primary N) is 2. The van der Waals surface area contributed by atoms with E-state index in [1.54, 1.807) is 12.1 Å². The number of benzene rings is 4. The normalized spacial score (nSPS) is 11.0. The van der Waals surface area contributed by atoms with Crippen LogP contribution in [0.1, 0.15) is 0 Å². The molecule has 0 atom stereocenters. The van der Waals surface area contributed by atoms with Crippen LogP contribution in [0.3, 0.4) is 0 Å². The lowest BCUT2D eigenvalue weighted by Gasteiger charge is -2.19. The van der Waals surface area contributed by atoms with Crippen LogP contribution in [-0.4, -0.2) is 0 Å². The second kappa shape index (κ2) is 9.31. The summed E-state index contributed by atoms with van der Waals surface area (Å²) in [5.74, 6) is 2.30. The Morgan fingerprint density at radius 3 is 1.65 bits per heavy atom. The first-order valence-electron chi connectivity index (χ1n) is 8.82. The Kier molecular flexibility index (Phi) is 6.88. The highest BCUT2D eigenvalue weighted by molar-refractivity contribution is 9.14. The first-order valence-corrected chi connectivity index (χ1v) is 12.8. The third-order valence-corrected chi connectivity index (χ3v) is 9.47. The molecule has 0 aliphatic rings. The van der Waals surface area contributed by atoms with Crippen LogP contribution in [0.25, 0.3) is 10.8 Å². The van der Waals surface area contributed by atoms with Crippen molar-refractivity contribution in [2.45, 2.75) is 0 Å². The zero-order valence-corrected chi connectivity index (χ0v) is 23.5. The van der Waals surface area contributed by atoms with E-state index < -0.39 is 0 Å². The highest BCUT2D eigenvalue weighted by Gasteiger charge is 2.23. The number of anilines is 2. The Bertz CT molecular complexity index is 1320. The molecule has 0 saturated heterocycles. The van der Waals surface area contributed by atoms with Crippen LogP contribution in [0.15, 0.2) is 77.0 Å². The Labute approximate surface area is 220 Å². The number of halogens is 5. The Morgan fingerprint density at radius 1 is 0.548 bits per heavy atom. The third kappa shape index (κ3) is 4.35. The summed E-state index contributed by atoms with van der Waals surface area (Å²) in [6.45, 7) is 0. The van der Waals surface area contributed by atoms with Crippen LogP contribution in [0, 0.1) is 0 Å². The SMILES string of the molecule is Nc1ccccc1Oc1cc2c(Br)c(Oc3ccccc3N)c(Br)c(Br)c2c(Br)c1Br. The number of nitrogen functional groups attached to an aromatic ring is 2. The number of ether oxygens (including phenoxy) is 2. The minimum atomic E-state index is 0.540. The van der Waals surface area contributed by atoms with Crippen molar-refractivity contribution in [3.8, 4) is 23.0 Å². The van der Waals surface area contributed by atoms with Gasteiger partial charge in [-0.2, -0.15) is 0 Å². The Hall–Kier alpha value is -1.26. The van der Waals surface area contributed by atoms with Crippen molar-refractivity contribution in [2.24, 2.45) is 0 Å². The molecular formula is C22H13Br5N2O2. The zero-order valence-electron chi connectivity index (χ0n) is 15.6. The fraction of sp³-hybridized carbons (Fsp3) is 0. The largest absolute Gasteiger partial charge is 0.454 e. The first-order chi connectivity index (χ1) is 14.8. The number of hydrogen-bond acceptors (Lipinski definition) is 4. The number of fused-ring (bicyclic) bond motifs is 1. The average molecular weight is 737 g/mol. The summed E-state index contributed by atoms with van der Waals surface area (Å²) >= 11 is 18.4. The molecule has 9 heteroatoms. The molecule has 0 spiro atoms. The fourth-order valence-electron chi connectivity index (χ4n) is 2.96. The van der Waals surface area contributed by atoms with Gasteiger partial charge >= 0.3 is 0 Å². The average Bonchev–Trinajstić information content (AvgIpc) is 2.75. The summed E-state index contributed by atoms with van der Waals surface area (Å²) in [6.07, 6.45) is 0. The van der Waals surface area contributed by atoms with Gasteiger partial charge in [-0.3, -0.25) is 0 Å². The lowest BCUT2D eigenvalue weighted by Crippen LogP contribution is -1.96. The van der Waals surface area contributed by atoms with E-state index in [4.69, 9.17) is 20.9 Å². The molecule has 4 rings (SSSR count). The molecule has 0 saturated carbocycles. The monoisotopic (exact) mass is 732 g/mol. The van der Waals surface area contributed by atoms with Crippen molar-refractivity contribution in [3.05, 3.63) is 77.0 Å². The number of para-hydroxylation sites is 4. The maximum atomic E-state index is 6.17. The van der Waals surface area contributed by atoms with E-state index in [0.717, 1.165) is 33.1 Å². The molecule has 0 radical (unpaired) electrons. The maximum absolute atomic E-state index is 6.17. The van der Waals surface area contributed by atoms with Crippen molar-refractivity contribution in [3.63, 3.8) is 0 Å². The van der Waals surface area contributed by atoms with Crippen LogP contribution >= 0.6 is 79.6 Å². The van der Waals surface area contributed by atoms with Gasteiger partial charge in [-0.1, -0.05) is 24.3 Å². The lowest BCUT2D eigenvalue weighted by atomic mass is 10.1. The Balaban J connectivity index is 1.92. The summed E-state index contributed by atoms with van der Waals surface area (Å²) in [6, 6.07) is 16.6. The second-order valence-electron chi connectivity index (χ2n) is 6.48. The summed E-state index contributed by atoms with van der Waals surface area (Å²) in [5.41, 5.74) is 13.2. The van der Waals surface area contributed by atoms with E-state index in [2.05, 4.69) is 79.6 Å². The minimum absolute atomic E-state index is 0.540. The molecule has 158 valence electrons. The van der Waals surface area contributed by atoms with Crippen LogP contribution in [0.4, 0.5) is 11.4 Å². The molecule has 0 aromatic heterocycles. The summed E-state index contributed by atoms with van der Waals surface area (Å²) in [4.78, 5) is 0. The molecule has 4 aromatic carbocycles. The number of rotatable bonds is 4. The topological polar surface area (TPSA) is 70.5 Å². The lowest BCUT2D eigenvalue weighted by molar-refractivity contribution is 0.478. The molecule has 0 amide bonds. The van der Waals surface area contributed by atoms with Gasteiger partial charge < -0.3 is 20.9 Å². The molecule has 0 aliphatic carbocycles. The van der Waals surface area contributed by atoms with Gasteiger partial charge in [0.15, 0.2) is 5.75 Å². The highest BCUT2D eigenvalue weighted by atomic mass is 79.9. The van der Waals surface area contributed by atoms with E-state index in [-0.39, 0.29) is 0 Å². The standard InChI is InChI=1S/C22H13Br5N2O2/c23-17-10-9-15(30-13-7-3-1-5-11(13)28)18(24)19(25)16(10)20(26)21(27)22(17)31-14-8-4-2-6-12(14)29/h1-9H,28-29H2. The van der Waals surface area contributed by atoms with Crippen LogP contribution in [-0.2, 0) is 0 Å². The van der Waals surface area contributed by atoms with Gasteiger partial charge in [0.2, 0.25) is 0 Å². The Morgan fingerprint density at radius 2 is 1.06 bits per heavy atom. The highest BCUT2D eigenvalue weighted by Crippen LogP contribution is 2.52. The predicted molar refractivity (Wildman–Crippen MR) is 144 cm³/mol. The van der Waals surface area contributed by atoms with Gasteiger partial charge in [0, 0.05) is 19.7 Å². The van der Waals surface area contributed by atoms with Crippen molar-refractivity contribution in [1.29, 1.82) is 0 Å². The van der Waals surface area contributed by atoms with E-state index in [1.807, 2.05) is 42.5 Å². The molecule has 4 N–H and O–H groups in total. The number of hydrogen-bond donors (Lipinski definition) is 2. The van der Waals surface area contributed by atoms with Gasteiger partial charge in [-0.05, 0) is 110 Å². The molecule has 0 fully saturated rings.